The van der Waals surface area contributed by atoms with E-state index in [2.05, 4.69) is 5.32 Å². The van der Waals surface area contributed by atoms with Gasteiger partial charge >= 0.3 is 5.97 Å². The van der Waals surface area contributed by atoms with Crippen LogP contribution in [0, 0.1) is 17.3 Å². The Kier molecular flexibility index (Phi) is 2.89. The van der Waals surface area contributed by atoms with Crippen LogP contribution in [0.1, 0.15) is 26.7 Å². The lowest BCUT2D eigenvalue weighted by molar-refractivity contribution is -0.140. The second-order valence-electron chi connectivity index (χ2n) is 5.65. The van der Waals surface area contributed by atoms with Gasteiger partial charge in [-0.1, -0.05) is 13.8 Å². The third-order valence-corrected chi connectivity index (χ3v) is 4.15. The number of ether oxygens (including phenoxy) is 1. The Bertz CT molecular complexity index is 346. The van der Waals surface area contributed by atoms with Gasteiger partial charge in [0.15, 0.2) is 0 Å². The number of methoxy groups -OCH3 is 1. The summed E-state index contributed by atoms with van der Waals surface area (Å²) in [5.41, 5.74) is -0.416. The number of hydrogen-bond acceptors (Lipinski definition) is 3. The summed E-state index contributed by atoms with van der Waals surface area (Å²) in [7, 11) is 1.66. The van der Waals surface area contributed by atoms with Crippen molar-refractivity contribution in [1.82, 2.24) is 5.32 Å². The SMILES string of the molecule is COC1CC(NC(=O)C2C(C(=O)O)C2(C)C)C1. The number of carbonyl (C=O) groups excluding carboxylic acids is 1. The summed E-state index contributed by atoms with van der Waals surface area (Å²) >= 11 is 0. The summed E-state index contributed by atoms with van der Waals surface area (Å²) in [6, 6.07) is 0.151. The molecular formula is C12H19NO4. The summed E-state index contributed by atoms with van der Waals surface area (Å²) in [6.45, 7) is 3.66. The fourth-order valence-corrected chi connectivity index (χ4v) is 2.75. The molecule has 17 heavy (non-hydrogen) atoms. The zero-order valence-electron chi connectivity index (χ0n) is 10.4. The Morgan fingerprint density at radius 3 is 2.29 bits per heavy atom. The molecule has 96 valence electrons. The van der Waals surface area contributed by atoms with Gasteiger partial charge in [0, 0.05) is 13.2 Å². The fourth-order valence-electron chi connectivity index (χ4n) is 2.75. The third-order valence-electron chi connectivity index (χ3n) is 4.15. The van der Waals surface area contributed by atoms with Crippen LogP contribution in [-0.4, -0.2) is 36.2 Å². The minimum Gasteiger partial charge on any atom is -0.481 e. The number of nitrogens with one attached hydrogen (secondary N) is 1. The summed E-state index contributed by atoms with van der Waals surface area (Å²) in [6.07, 6.45) is 1.89. The molecule has 5 nitrogen and oxygen atoms in total. The highest BCUT2D eigenvalue weighted by Gasteiger charge is 2.66. The van der Waals surface area contributed by atoms with Gasteiger partial charge < -0.3 is 15.2 Å². The zero-order chi connectivity index (χ0) is 12.8. The Labute approximate surface area is 101 Å². The van der Waals surface area contributed by atoms with E-state index in [0.29, 0.717) is 0 Å². The molecule has 2 fully saturated rings. The van der Waals surface area contributed by atoms with E-state index in [1.807, 2.05) is 13.8 Å². The number of carbonyl (C=O) groups is 2. The molecule has 2 unspecified atom stereocenters. The average Bonchev–Trinajstić information content (AvgIpc) is 2.74. The molecule has 0 aliphatic heterocycles. The Morgan fingerprint density at radius 2 is 1.88 bits per heavy atom. The van der Waals surface area contributed by atoms with Crippen molar-refractivity contribution < 1.29 is 19.4 Å². The lowest BCUT2D eigenvalue weighted by Crippen LogP contribution is -2.48. The summed E-state index contributed by atoms with van der Waals surface area (Å²) in [5.74, 6) is -1.93. The lowest BCUT2D eigenvalue weighted by atomic mass is 9.89. The molecule has 1 amide bonds. The number of carboxylic acid groups (broad SMARTS) is 1. The summed E-state index contributed by atoms with van der Waals surface area (Å²) in [4.78, 5) is 22.9. The van der Waals surface area contributed by atoms with Gasteiger partial charge in [0.1, 0.15) is 0 Å². The van der Waals surface area contributed by atoms with Crippen LogP contribution in [0.15, 0.2) is 0 Å². The van der Waals surface area contributed by atoms with E-state index in [9.17, 15) is 9.59 Å². The van der Waals surface area contributed by atoms with Crippen LogP contribution in [0.3, 0.4) is 0 Å². The van der Waals surface area contributed by atoms with E-state index >= 15 is 0 Å². The molecule has 2 N–H and O–H groups in total. The van der Waals surface area contributed by atoms with Crippen LogP contribution in [0.4, 0.5) is 0 Å². The van der Waals surface area contributed by atoms with E-state index in [0.717, 1.165) is 12.8 Å². The molecule has 0 spiro atoms. The molecule has 2 saturated carbocycles. The van der Waals surface area contributed by atoms with E-state index in [1.54, 1.807) is 7.11 Å². The predicted molar refractivity (Wildman–Crippen MR) is 60.4 cm³/mol. The van der Waals surface area contributed by atoms with Crippen LogP contribution in [0.25, 0.3) is 0 Å². The molecule has 5 heteroatoms. The quantitative estimate of drug-likeness (QED) is 0.757. The number of rotatable bonds is 4. The van der Waals surface area contributed by atoms with Crippen molar-refractivity contribution in [3.05, 3.63) is 0 Å². The molecule has 0 radical (unpaired) electrons. The van der Waals surface area contributed by atoms with Crippen molar-refractivity contribution in [2.45, 2.75) is 38.8 Å². The first-order valence-electron chi connectivity index (χ1n) is 5.94. The van der Waals surface area contributed by atoms with Gasteiger partial charge in [-0.05, 0) is 18.3 Å². The van der Waals surface area contributed by atoms with E-state index in [4.69, 9.17) is 9.84 Å². The van der Waals surface area contributed by atoms with Crippen LogP contribution in [0.5, 0.6) is 0 Å². The van der Waals surface area contributed by atoms with Crippen molar-refractivity contribution in [3.8, 4) is 0 Å². The highest BCUT2D eigenvalue weighted by molar-refractivity contribution is 5.91. The van der Waals surface area contributed by atoms with Gasteiger partial charge in [-0.2, -0.15) is 0 Å². The van der Waals surface area contributed by atoms with E-state index in [-0.39, 0.29) is 24.0 Å². The maximum atomic E-state index is 11.9. The van der Waals surface area contributed by atoms with Gasteiger partial charge in [0.05, 0.1) is 17.9 Å². The molecule has 0 aromatic heterocycles. The van der Waals surface area contributed by atoms with Crippen LogP contribution >= 0.6 is 0 Å². The lowest BCUT2D eigenvalue weighted by Gasteiger charge is -2.34. The second-order valence-corrected chi connectivity index (χ2v) is 5.65. The number of aliphatic carboxylic acids is 1. The Morgan fingerprint density at radius 1 is 1.29 bits per heavy atom. The molecule has 2 rings (SSSR count). The van der Waals surface area contributed by atoms with E-state index in [1.165, 1.54) is 0 Å². The highest BCUT2D eigenvalue weighted by Crippen LogP contribution is 2.58. The van der Waals surface area contributed by atoms with Crippen molar-refractivity contribution in [2.24, 2.45) is 17.3 Å². The number of hydrogen-bond donors (Lipinski definition) is 2. The van der Waals surface area contributed by atoms with Crippen molar-refractivity contribution >= 4 is 11.9 Å². The first kappa shape index (κ1) is 12.4. The molecule has 2 aliphatic rings. The van der Waals surface area contributed by atoms with Gasteiger partial charge in [-0.3, -0.25) is 9.59 Å². The summed E-state index contributed by atoms with van der Waals surface area (Å²) in [5, 5.41) is 11.9. The molecule has 0 aromatic rings. The molecule has 0 heterocycles. The minimum atomic E-state index is -0.876. The minimum absolute atomic E-state index is 0.123. The second kappa shape index (κ2) is 3.98. The molecular weight excluding hydrogens is 222 g/mol. The monoisotopic (exact) mass is 241 g/mol. The van der Waals surface area contributed by atoms with E-state index < -0.39 is 17.3 Å². The predicted octanol–water partition coefficient (Wildman–Crippen LogP) is 0.637. The smallest absolute Gasteiger partial charge is 0.307 e. The molecule has 2 atom stereocenters. The van der Waals surface area contributed by atoms with Gasteiger partial charge in [0.25, 0.3) is 0 Å². The van der Waals surface area contributed by atoms with Crippen molar-refractivity contribution in [1.29, 1.82) is 0 Å². The number of amides is 1. The molecule has 0 saturated heterocycles. The molecule has 2 aliphatic carbocycles. The topological polar surface area (TPSA) is 75.6 Å². The maximum absolute atomic E-state index is 11.9. The standard InChI is InChI=1S/C12H19NO4/c1-12(2)8(9(12)11(15)16)10(14)13-6-4-7(5-6)17-3/h6-9H,4-5H2,1-3H3,(H,13,14)(H,15,16). The molecule has 0 bridgehead atoms. The van der Waals surface area contributed by atoms with Crippen molar-refractivity contribution in [2.75, 3.05) is 7.11 Å². The summed E-state index contributed by atoms with van der Waals surface area (Å²) < 4.78 is 5.13. The first-order chi connectivity index (χ1) is 7.87. The van der Waals surface area contributed by atoms with Crippen LogP contribution < -0.4 is 5.32 Å². The van der Waals surface area contributed by atoms with Gasteiger partial charge in [0.2, 0.25) is 5.91 Å². The van der Waals surface area contributed by atoms with Crippen molar-refractivity contribution in [3.63, 3.8) is 0 Å². The normalized spacial score (nSPS) is 38.1. The fraction of sp³-hybridized carbons (Fsp3) is 0.833. The highest BCUT2D eigenvalue weighted by atomic mass is 16.5. The Hall–Kier alpha value is -1.10. The zero-order valence-corrected chi connectivity index (χ0v) is 10.4. The van der Waals surface area contributed by atoms with Gasteiger partial charge in [-0.15, -0.1) is 0 Å². The first-order valence-corrected chi connectivity index (χ1v) is 5.94. The molecule has 0 aromatic carbocycles. The van der Waals surface area contributed by atoms with Crippen LogP contribution in [0.2, 0.25) is 0 Å². The average molecular weight is 241 g/mol. The van der Waals surface area contributed by atoms with Crippen LogP contribution in [-0.2, 0) is 14.3 Å². The number of carboxylic acids is 1. The maximum Gasteiger partial charge on any atom is 0.307 e. The van der Waals surface area contributed by atoms with Gasteiger partial charge in [-0.25, -0.2) is 0 Å². The third kappa shape index (κ3) is 2.04. The Balaban J connectivity index is 1.84. The largest absolute Gasteiger partial charge is 0.481 e.